The lowest BCUT2D eigenvalue weighted by molar-refractivity contribution is 0.898. The summed E-state index contributed by atoms with van der Waals surface area (Å²) in [6.07, 6.45) is 7.84. The van der Waals surface area contributed by atoms with Crippen LogP contribution < -0.4 is 5.32 Å². The molecule has 0 aliphatic rings. The minimum atomic E-state index is 0.506. The Bertz CT molecular complexity index is 782. The molecule has 1 N–H and O–H groups in total. The zero-order valence-corrected chi connectivity index (χ0v) is 15.8. The molecule has 0 bridgehead atoms. The number of nitrogens with one attached hydrogen (secondary N) is 1. The second-order valence-corrected chi connectivity index (χ2v) is 6.49. The number of aryl methyl sites for hydroxylation is 2. The fourth-order valence-corrected chi connectivity index (χ4v) is 2.75. The number of hydrogen-bond acceptors (Lipinski definition) is 2. The van der Waals surface area contributed by atoms with E-state index in [0.717, 1.165) is 24.2 Å². The van der Waals surface area contributed by atoms with Gasteiger partial charge < -0.3 is 9.72 Å². The molecule has 3 rings (SSSR count). The molecule has 0 fully saturated rings. The smallest absolute Gasteiger partial charge is 0.136 e. The van der Waals surface area contributed by atoms with Gasteiger partial charge >= 0.3 is 0 Å². The predicted octanol–water partition coefficient (Wildman–Crippen LogP) is 5.44. The number of allylic oxidation sites excluding steroid dienone is 1. The minimum absolute atomic E-state index is 0.506. The first-order valence-corrected chi connectivity index (χ1v) is 8.93. The molecule has 0 atom stereocenters. The molecule has 3 heteroatoms. The average molecular weight is 335 g/mol. The van der Waals surface area contributed by atoms with Crippen molar-refractivity contribution in [3.8, 4) is 0 Å². The van der Waals surface area contributed by atoms with E-state index in [-0.39, 0.29) is 0 Å². The third kappa shape index (κ3) is 5.49. The Kier molecular flexibility index (Phi) is 6.81. The van der Waals surface area contributed by atoms with Crippen LogP contribution in [-0.4, -0.2) is 15.4 Å². The number of nitrogens with zero attached hydrogens (tertiary/aromatic N) is 2. The molecule has 3 nitrogen and oxygen atoms in total. The van der Waals surface area contributed by atoms with Gasteiger partial charge in [-0.05, 0) is 62.6 Å². The summed E-state index contributed by atoms with van der Waals surface area (Å²) < 4.78 is 2.01. The van der Waals surface area contributed by atoms with Crippen LogP contribution in [0.25, 0.3) is 5.65 Å². The summed E-state index contributed by atoms with van der Waals surface area (Å²) in [5.74, 6) is 0. The van der Waals surface area contributed by atoms with Gasteiger partial charge in [0.25, 0.3) is 0 Å². The molecule has 1 aromatic carbocycles. The molecule has 25 heavy (non-hydrogen) atoms. The molecule has 2 aromatic heterocycles. The number of benzene rings is 1. The monoisotopic (exact) mass is 335 g/mol. The Morgan fingerprint density at radius 3 is 2.64 bits per heavy atom. The van der Waals surface area contributed by atoms with Crippen LogP contribution in [0.1, 0.15) is 37.6 Å². The van der Waals surface area contributed by atoms with Crippen LogP contribution in [0.5, 0.6) is 0 Å². The lowest BCUT2D eigenvalue weighted by Crippen LogP contribution is -2.09. The van der Waals surface area contributed by atoms with E-state index in [2.05, 4.69) is 62.8 Å². The van der Waals surface area contributed by atoms with Gasteiger partial charge in [-0.3, -0.25) is 0 Å². The van der Waals surface area contributed by atoms with Crippen LogP contribution in [0.3, 0.4) is 0 Å². The molecule has 0 aliphatic heterocycles. The highest BCUT2D eigenvalue weighted by Crippen LogP contribution is 2.16. The largest absolute Gasteiger partial charge is 0.383 e. The first kappa shape index (κ1) is 18.8. The molecule has 0 radical (unpaired) electrons. The molecule has 132 valence electrons. The summed E-state index contributed by atoms with van der Waals surface area (Å²) in [6.45, 7) is 12.4. The zero-order valence-electron chi connectivity index (χ0n) is 15.8. The van der Waals surface area contributed by atoms with E-state index >= 15 is 0 Å². The summed E-state index contributed by atoms with van der Waals surface area (Å²) in [5.41, 5.74) is 6.11. The van der Waals surface area contributed by atoms with Gasteiger partial charge in [0, 0.05) is 30.5 Å². The van der Waals surface area contributed by atoms with E-state index in [1.165, 1.54) is 16.8 Å². The number of rotatable bonds is 5. The molecule has 0 unspecified atom stereocenters. The van der Waals surface area contributed by atoms with E-state index in [9.17, 15) is 0 Å². The van der Waals surface area contributed by atoms with E-state index in [4.69, 9.17) is 0 Å². The zero-order chi connectivity index (χ0) is 18.2. The maximum atomic E-state index is 4.39. The highest BCUT2D eigenvalue weighted by Gasteiger charge is 1.99. The van der Waals surface area contributed by atoms with E-state index in [0.29, 0.717) is 6.04 Å². The van der Waals surface area contributed by atoms with Crippen molar-refractivity contribution in [2.75, 3.05) is 5.32 Å². The maximum absolute atomic E-state index is 4.39. The SMILES string of the molecule is C=CCc1cn2ccccc2n1.CCc1ccc(NC(C)C)cc1C. The highest BCUT2D eigenvalue weighted by molar-refractivity contribution is 5.48. The number of fused-ring (bicyclic) bond motifs is 1. The summed E-state index contributed by atoms with van der Waals surface area (Å²) in [5, 5.41) is 3.40. The number of pyridine rings is 1. The number of imidazole rings is 1. The lowest BCUT2D eigenvalue weighted by Gasteiger charge is -2.12. The van der Waals surface area contributed by atoms with Crippen molar-refractivity contribution < 1.29 is 0 Å². The fraction of sp³-hybridized carbons (Fsp3) is 0.318. The first-order chi connectivity index (χ1) is 12.0. The number of anilines is 1. The Hall–Kier alpha value is -2.55. The summed E-state index contributed by atoms with van der Waals surface area (Å²) in [6, 6.07) is 13.1. The van der Waals surface area contributed by atoms with Gasteiger partial charge in [-0.2, -0.15) is 0 Å². The van der Waals surface area contributed by atoms with Crippen molar-refractivity contribution in [1.29, 1.82) is 0 Å². The molecule has 0 aliphatic carbocycles. The molecular weight excluding hydrogens is 306 g/mol. The minimum Gasteiger partial charge on any atom is -0.383 e. The van der Waals surface area contributed by atoms with Gasteiger partial charge in [0.1, 0.15) is 5.65 Å². The van der Waals surface area contributed by atoms with Crippen molar-refractivity contribution in [3.63, 3.8) is 0 Å². The predicted molar refractivity (Wildman–Crippen MR) is 108 cm³/mol. The molecular formula is C22H29N3. The van der Waals surface area contributed by atoms with Crippen molar-refractivity contribution >= 4 is 11.3 Å². The Morgan fingerprint density at radius 1 is 1.24 bits per heavy atom. The fourth-order valence-electron chi connectivity index (χ4n) is 2.75. The lowest BCUT2D eigenvalue weighted by atomic mass is 10.1. The molecule has 0 amide bonds. The second-order valence-electron chi connectivity index (χ2n) is 6.49. The van der Waals surface area contributed by atoms with Crippen molar-refractivity contribution in [3.05, 3.63) is 78.3 Å². The van der Waals surface area contributed by atoms with Gasteiger partial charge in [-0.25, -0.2) is 4.98 Å². The van der Waals surface area contributed by atoms with Crippen LogP contribution in [0.4, 0.5) is 5.69 Å². The molecule has 0 spiro atoms. The first-order valence-electron chi connectivity index (χ1n) is 8.93. The normalized spacial score (nSPS) is 10.4. The second kappa shape index (κ2) is 9.07. The van der Waals surface area contributed by atoms with Crippen molar-refractivity contribution in [2.24, 2.45) is 0 Å². The molecule has 2 heterocycles. The Labute approximate surface area is 151 Å². The van der Waals surface area contributed by atoms with Crippen LogP contribution in [0.2, 0.25) is 0 Å². The summed E-state index contributed by atoms with van der Waals surface area (Å²) in [4.78, 5) is 4.39. The third-order valence-corrected chi connectivity index (χ3v) is 3.95. The van der Waals surface area contributed by atoms with Gasteiger partial charge in [0.2, 0.25) is 0 Å². The Morgan fingerprint density at radius 2 is 2.04 bits per heavy atom. The van der Waals surface area contributed by atoms with Gasteiger partial charge in [-0.1, -0.05) is 25.1 Å². The van der Waals surface area contributed by atoms with E-state index in [1.807, 2.05) is 41.1 Å². The maximum Gasteiger partial charge on any atom is 0.136 e. The standard InChI is InChI=1S/C12H19N.C10H10N2/c1-5-11-6-7-12(8-10(11)4)13-9(2)3;1-2-5-9-8-12-7-4-3-6-10(12)11-9/h6-9,13H,5H2,1-4H3;2-4,6-8H,1,5H2. The summed E-state index contributed by atoms with van der Waals surface area (Å²) >= 11 is 0. The van der Waals surface area contributed by atoms with Crippen LogP contribution >= 0.6 is 0 Å². The molecule has 0 saturated carbocycles. The van der Waals surface area contributed by atoms with Crippen LogP contribution in [-0.2, 0) is 12.8 Å². The topological polar surface area (TPSA) is 29.3 Å². The molecule has 3 aromatic rings. The van der Waals surface area contributed by atoms with Crippen molar-refractivity contribution in [2.45, 2.75) is 46.6 Å². The van der Waals surface area contributed by atoms with Gasteiger partial charge in [-0.15, -0.1) is 6.58 Å². The van der Waals surface area contributed by atoms with E-state index in [1.54, 1.807) is 0 Å². The average Bonchev–Trinajstić information content (AvgIpc) is 2.98. The quantitative estimate of drug-likeness (QED) is 0.629. The van der Waals surface area contributed by atoms with Crippen LogP contribution in [0, 0.1) is 6.92 Å². The van der Waals surface area contributed by atoms with Crippen LogP contribution in [0.15, 0.2) is 61.4 Å². The van der Waals surface area contributed by atoms with Gasteiger partial charge in [0.15, 0.2) is 0 Å². The number of hydrogen-bond donors (Lipinski definition) is 1. The van der Waals surface area contributed by atoms with Crippen molar-refractivity contribution in [1.82, 2.24) is 9.38 Å². The molecule has 0 saturated heterocycles. The Balaban J connectivity index is 0.000000181. The number of aromatic nitrogens is 2. The summed E-state index contributed by atoms with van der Waals surface area (Å²) in [7, 11) is 0. The van der Waals surface area contributed by atoms with Gasteiger partial charge in [0.05, 0.1) is 5.69 Å². The van der Waals surface area contributed by atoms with E-state index < -0.39 is 0 Å². The third-order valence-electron chi connectivity index (χ3n) is 3.95. The highest BCUT2D eigenvalue weighted by atomic mass is 15.0.